The Morgan fingerprint density at radius 2 is 1.58 bits per heavy atom. The minimum atomic E-state index is -0.243. The van der Waals surface area contributed by atoms with Gasteiger partial charge in [0.05, 0.1) is 11.4 Å². The summed E-state index contributed by atoms with van der Waals surface area (Å²) in [7, 11) is 0. The number of nitrogens with zero attached hydrogens (tertiary/aromatic N) is 1. The summed E-state index contributed by atoms with van der Waals surface area (Å²) in [6.07, 6.45) is 15.8. The van der Waals surface area contributed by atoms with Crippen molar-refractivity contribution in [1.82, 2.24) is 9.88 Å². The van der Waals surface area contributed by atoms with Crippen molar-refractivity contribution in [1.29, 1.82) is 0 Å². The summed E-state index contributed by atoms with van der Waals surface area (Å²) in [5, 5.41) is 3.63. The van der Waals surface area contributed by atoms with Gasteiger partial charge in [-0.3, -0.25) is 0 Å². The minimum absolute atomic E-state index is 0.149. The molecule has 3 aromatic rings. The van der Waals surface area contributed by atoms with Crippen molar-refractivity contribution in [2.24, 2.45) is 11.8 Å². The maximum Gasteiger partial charge on any atom is 0.123 e. The van der Waals surface area contributed by atoms with E-state index in [-0.39, 0.29) is 11.9 Å². The Morgan fingerprint density at radius 1 is 0.953 bits per heavy atom. The Bertz CT molecular complexity index is 1380. The molecule has 1 heterocycles. The Balaban J connectivity index is 0.00000316. The van der Waals surface area contributed by atoms with Crippen LogP contribution in [0.15, 0.2) is 104 Å². The van der Waals surface area contributed by atoms with Crippen molar-refractivity contribution in [2.75, 3.05) is 0 Å². The lowest BCUT2D eigenvalue weighted by Crippen LogP contribution is -2.16. The first-order valence-corrected chi connectivity index (χ1v) is 15.9. The van der Waals surface area contributed by atoms with Crippen molar-refractivity contribution in [3.63, 3.8) is 0 Å². The summed E-state index contributed by atoms with van der Waals surface area (Å²) < 4.78 is 16.5. The number of hydrogen-bond acceptors (Lipinski definition) is 1. The Hall–Kier alpha value is -3.85. The molecule has 3 heteroatoms. The van der Waals surface area contributed by atoms with Crippen LogP contribution in [-0.2, 0) is 0 Å². The highest BCUT2D eigenvalue weighted by atomic mass is 19.1. The number of halogens is 1. The van der Waals surface area contributed by atoms with E-state index in [1.807, 2.05) is 51.1 Å². The molecule has 2 aromatic carbocycles. The van der Waals surface area contributed by atoms with Gasteiger partial charge in [-0.05, 0) is 87.3 Å². The van der Waals surface area contributed by atoms with E-state index >= 15 is 0 Å². The van der Waals surface area contributed by atoms with E-state index in [0.29, 0.717) is 11.8 Å². The van der Waals surface area contributed by atoms with Crippen molar-refractivity contribution >= 4 is 11.8 Å². The molecule has 0 aliphatic carbocycles. The first-order valence-electron chi connectivity index (χ1n) is 15.9. The second-order valence-electron chi connectivity index (χ2n) is 11.0. The molecule has 3 rings (SSSR count). The lowest BCUT2D eigenvalue weighted by atomic mass is 9.92. The molecule has 0 fully saturated rings. The fraction of sp³-hybridized carbons (Fsp3) is 0.350. The average Bonchev–Trinajstić information content (AvgIpc) is 3.38. The maximum atomic E-state index is 14.1. The zero-order valence-corrected chi connectivity index (χ0v) is 27.8. The van der Waals surface area contributed by atoms with Gasteiger partial charge in [0.25, 0.3) is 0 Å². The summed E-state index contributed by atoms with van der Waals surface area (Å²) in [5.41, 5.74) is 8.31. The van der Waals surface area contributed by atoms with Gasteiger partial charge in [-0.1, -0.05) is 108 Å². The smallest absolute Gasteiger partial charge is 0.123 e. The maximum absolute atomic E-state index is 14.1. The third kappa shape index (κ3) is 9.32. The third-order valence-electron chi connectivity index (χ3n) is 7.54. The normalized spacial score (nSPS) is 13.2. The number of benzene rings is 2. The van der Waals surface area contributed by atoms with E-state index in [9.17, 15) is 4.39 Å². The van der Waals surface area contributed by atoms with Crippen LogP contribution < -0.4 is 5.32 Å². The molecule has 0 aliphatic heterocycles. The highest BCUT2D eigenvalue weighted by Crippen LogP contribution is 2.44. The van der Waals surface area contributed by atoms with Crippen LogP contribution in [0.1, 0.15) is 92.1 Å². The van der Waals surface area contributed by atoms with Crippen LogP contribution >= 0.6 is 0 Å². The number of nitrogens with one attached hydrogen (secondary N) is 1. The van der Waals surface area contributed by atoms with E-state index in [1.54, 1.807) is 12.1 Å². The van der Waals surface area contributed by atoms with Gasteiger partial charge in [0.1, 0.15) is 5.82 Å². The van der Waals surface area contributed by atoms with Crippen LogP contribution in [-0.4, -0.2) is 4.57 Å². The van der Waals surface area contributed by atoms with Crippen LogP contribution in [0.3, 0.4) is 0 Å². The molecule has 230 valence electrons. The van der Waals surface area contributed by atoms with E-state index < -0.39 is 0 Å². The molecule has 2 nitrogen and oxygen atoms in total. The lowest BCUT2D eigenvalue weighted by molar-refractivity contribution is 0.498. The number of allylic oxidation sites excluding steroid dienone is 6. The van der Waals surface area contributed by atoms with Gasteiger partial charge in [-0.2, -0.15) is 0 Å². The average molecular weight is 581 g/mol. The molecule has 0 saturated carbocycles. The van der Waals surface area contributed by atoms with E-state index in [2.05, 4.69) is 106 Å². The zero-order chi connectivity index (χ0) is 31.9. The highest BCUT2D eigenvalue weighted by molar-refractivity contribution is 5.96. The fourth-order valence-corrected chi connectivity index (χ4v) is 5.35. The molecule has 2 unspecified atom stereocenters. The van der Waals surface area contributed by atoms with Gasteiger partial charge in [0, 0.05) is 28.6 Å². The van der Waals surface area contributed by atoms with Crippen molar-refractivity contribution in [3.8, 4) is 22.3 Å². The SMILES string of the molecule is C=CC(CC)CC(C)/C=C/c1c(-c2ccc(F)cc2)c(-c2ccccc2)c(C(=C)N/C(=C/C=C\C)CC)n1C(C)C.CC. The summed E-state index contributed by atoms with van der Waals surface area (Å²) in [6, 6.07) is 17.5. The van der Waals surface area contributed by atoms with Gasteiger partial charge in [-0.15, -0.1) is 6.58 Å². The van der Waals surface area contributed by atoms with Crippen molar-refractivity contribution in [3.05, 3.63) is 121 Å². The molecule has 0 aliphatic rings. The quantitative estimate of drug-likeness (QED) is 0.148. The lowest BCUT2D eigenvalue weighted by Gasteiger charge is -2.21. The fourth-order valence-electron chi connectivity index (χ4n) is 5.35. The molecular formula is C40H53FN2. The summed E-state index contributed by atoms with van der Waals surface area (Å²) >= 11 is 0. The summed E-state index contributed by atoms with van der Waals surface area (Å²) in [5.74, 6) is 0.612. The molecule has 1 N–H and O–H groups in total. The minimum Gasteiger partial charge on any atom is -0.358 e. The van der Waals surface area contributed by atoms with Crippen molar-refractivity contribution in [2.45, 2.75) is 80.7 Å². The van der Waals surface area contributed by atoms with E-state index in [4.69, 9.17) is 0 Å². The molecule has 0 radical (unpaired) electrons. The number of aromatic nitrogens is 1. The first-order chi connectivity index (χ1) is 20.7. The van der Waals surface area contributed by atoms with Gasteiger partial charge < -0.3 is 9.88 Å². The predicted molar refractivity (Wildman–Crippen MR) is 189 cm³/mol. The number of hydrogen-bond donors (Lipinski definition) is 1. The first kappa shape index (κ1) is 35.3. The van der Waals surface area contributed by atoms with Crippen LogP contribution in [0, 0.1) is 17.7 Å². The summed E-state index contributed by atoms with van der Waals surface area (Å²) in [6.45, 7) is 25.7. The molecule has 2 atom stereocenters. The molecular weight excluding hydrogens is 527 g/mol. The predicted octanol–water partition coefficient (Wildman–Crippen LogP) is 12.3. The van der Waals surface area contributed by atoms with Crippen LogP contribution in [0.2, 0.25) is 0 Å². The molecule has 1 aromatic heterocycles. The van der Waals surface area contributed by atoms with Crippen LogP contribution in [0.4, 0.5) is 4.39 Å². The molecule has 0 bridgehead atoms. The molecule has 43 heavy (non-hydrogen) atoms. The third-order valence-corrected chi connectivity index (χ3v) is 7.54. The second-order valence-corrected chi connectivity index (χ2v) is 11.0. The molecule has 0 amide bonds. The largest absolute Gasteiger partial charge is 0.358 e. The monoisotopic (exact) mass is 580 g/mol. The summed E-state index contributed by atoms with van der Waals surface area (Å²) in [4.78, 5) is 0. The Kier molecular flexibility index (Phi) is 14.8. The van der Waals surface area contributed by atoms with E-state index in [1.165, 1.54) is 0 Å². The highest BCUT2D eigenvalue weighted by Gasteiger charge is 2.27. The Morgan fingerprint density at radius 3 is 2.12 bits per heavy atom. The number of rotatable bonds is 14. The van der Waals surface area contributed by atoms with Gasteiger partial charge in [-0.25, -0.2) is 4.39 Å². The van der Waals surface area contributed by atoms with Crippen LogP contribution in [0.25, 0.3) is 34.0 Å². The second kappa shape index (κ2) is 18.0. The standard InChI is InChI=1S/C38H47FN2.C2H6/c1-9-13-19-34(12-4)40-29(8)38-37(31-17-15-14-16-18-31)36(32-21-23-33(39)24-22-32)35(41(38)27(5)6)25-20-28(7)26-30(10-2)11-3;1-2/h9-10,13-25,27-28,30,40H,2,8,11-12,26H2,1,3-7H3;1-2H3/b13-9-,25-20+,34-19+;. The van der Waals surface area contributed by atoms with Gasteiger partial charge >= 0.3 is 0 Å². The Labute approximate surface area is 261 Å². The zero-order valence-electron chi connectivity index (χ0n) is 27.8. The topological polar surface area (TPSA) is 17.0 Å². The van der Waals surface area contributed by atoms with Gasteiger partial charge in [0.15, 0.2) is 0 Å². The van der Waals surface area contributed by atoms with Crippen LogP contribution in [0.5, 0.6) is 0 Å². The van der Waals surface area contributed by atoms with E-state index in [0.717, 1.165) is 64.3 Å². The van der Waals surface area contributed by atoms with Gasteiger partial charge in [0.2, 0.25) is 0 Å². The molecule has 0 spiro atoms. The van der Waals surface area contributed by atoms with Crippen molar-refractivity contribution < 1.29 is 4.39 Å². The molecule has 0 saturated heterocycles.